The Morgan fingerprint density at radius 2 is 2.17 bits per heavy atom. The van der Waals surface area contributed by atoms with Crippen LogP contribution in [-0.4, -0.2) is 11.7 Å². The van der Waals surface area contributed by atoms with Crippen molar-refractivity contribution in [1.82, 2.24) is 0 Å². The first kappa shape index (κ1) is 7.47. The van der Waals surface area contributed by atoms with Crippen LogP contribution in [0.1, 0.15) is 19.4 Å². The standard InChI is InChI=1S/C10H12O2/c1-10(2)6-12-9-4-3-7(11)5-8(9)10/h3-5,11H,6H2,1-2H3. The first-order valence-corrected chi connectivity index (χ1v) is 4.06. The molecule has 12 heavy (non-hydrogen) atoms. The van der Waals surface area contributed by atoms with E-state index in [-0.39, 0.29) is 5.41 Å². The van der Waals surface area contributed by atoms with Gasteiger partial charge in [0.1, 0.15) is 11.5 Å². The number of phenols is 1. The maximum Gasteiger partial charge on any atom is 0.123 e. The molecule has 0 fully saturated rings. The molecule has 0 amide bonds. The minimum absolute atomic E-state index is 0.0358. The molecule has 0 aromatic heterocycles. The molecule has 1 aliphatic rings. The molecule has 1 aliphatic heterocycles. The molecule has 2 nitrogen and oxygen atoms in total. The lowest BCUT2D eigenvalue weighted by atomic mass is 9.87. The van der Waals surface area contributed by atoms with Crippen molar-refractivity contribution in [3.05, 3.63) is 23.8 Å². The van der Waals surface area contributed by atoms with E-state index in [0.29, 0.717) is 12.4 Å². The molecule has 0 radical (unpaired) electrons. The SMILES string of the molecule is CC1(C)COc2ccc(O)cc21. The minimum Gasteiger partial charge on any atom is -0.508 e. The van der Waals surface area contributed by atoms with E-state index in [1.807, 2.05) is 6.07 Å². The summed E-state index contributed by atoms with van der Waals surface area (Å²) in [6.07, 6.45) is 0. The van der Waals surface area contributed by atoms with Crippen LogP contribution in [0.3, 0.4) is 0 Å². The Morgan fingerprint density at radius 3 is 2.92 bits per heavy atom. The molecule has 0 saturated heterocycles. The predicted molar refractivity (Wildman–Crippen MR) is 46.6 cm³/mol. The van der Waals surface area contributed by atoms with Gasteiger partial charge in [-0.25, -0.2) is 0 Å². The van der Waals surface area contributed by atoms with Crippen molar-refractivity contribution >= 4 is 0 Å². The van der Waals surface area contributed by atoms with Crippen molar-refractivity contribution in [2.45, 2.75) is 19.3 Å². The van der Waals surface area contributed by atoms with Crippen LogP contribution in [0.4, 0.5) is 0 Å². The van der Waals surface area contributed by atoms with Gasteiger partial charge in [0.15, 0.2) is 0 Å². The van der Waals surface area contributed by atoms with Gasteiger partial charge in [0.05, 0.1) is 6.61 Å². The molecule has 0 saturated carbocycles. The highest BCUT2D eigenvalue weighted by Gasteiger charge is 2.31. The summed E-state index contributed by atoms with van der Waals surface area (Å²) in [5.74, 6) is 1.21. The highest BCUT2D eigenvalue weighted by atomic mass is 16.5. The van der Waals surface area contributed by atoms with Gasteiger partial charge in [-0.2, -0.15) is 0 Å². The molecule has 64 valence electrons. The predicted octanol–water partition coefficient (Wildman–Crippen LogP) is 2.06. The van der Waals surface area contributed by atoms with Crippen LogP contribution < -0.4 is 4.74 Å². The summed E-state index contributed by atoms with van der Waals surface area (Å²) in [5, 5.41) is 9.27. The highest BCUT2D eigenvalue weighted by molar-refractivity contribution is 5.46. The minimum atomic E-state index is 0.0358. The number of benzene rings is 1. The van der Waals surface area contributed by atoms with Crippen molar-refractivity contribution in [2.75, 3.05) is 6.61 Å². The molecule has 1 heterocycles. The summed E-state index contributed by atoms with van der Waals surface area (Å²) < 4.78 is 5.46. The summed E-state index contributed by atoms with van der Waals surface area (Å²) in [5.41, 5.74) is 1.14. The van der Waals surface area contributed by atoms with Gasteiger partial charge in [-0.05, 0) is 18.2 Å². The molecule has 0 unspecified atom stereocenters. The van der Waals surface area contributed by atoms with Crippen molar-refractivity contribution in [3.8, 4) is 11.5 Å². The topological polar surface area (TPSA) is 29.5 Å². The maximum atomic E-state index is 9.27. The van der Waals surface area contributed by atoms with Crippen LogP contribution in [0.2, 0.25) is 0 Å². The first-order valence-electron chi connectivity index (χ1n) is 4.06. The third-order valence-electron chi connectivity index (χ3n) is 2.28. The van der Waals surface area contributed by atoms with Crippen LogP contribution in [-0.2, 0) is 5.41 Å². The number of phenolic OH excluding ortho intramolecular Hbond substituents is 1. The number of aromatic hydroxyl groups is 1. The summed E-state index contributed by atoms with van der Waals surface area (Å²) in [4.78, 5) is 0. The molecule has 2 heteroatoms. The summed E-state index contributed by atoms with van der Waals surface area (Å²) in [6, 6.07) is 5.25. The first-order chi connectivity index (χ1) is 5.59. The molecule has 0 bridgehead atoms. The zero-order valence-electron chi connectivity index (χ0n) is 7.29. The molecule has 0 atom stereocenters. The zero-order chi connectivity index (χ0) is 8.77. The Hall–Kier alpha value is -1.18. The lowest BCUT2D eigenvalue weighted by Crippen LogP contribution is -2.18. The average molecular weight is 164 g/mol. The van der Waals surface area contributed by atoms with E-state index in [1.54, 1.807) is 12.1 Å². The molecule has 1 N–H and O–H groups in total. The van der Waals surface area contributed by atoms with Crippen LogP contribution in [0.15, 0.2) is 18.2 Å². The van der Waals surface area contributed by atoms with E-state index in [4.69, 9.17) is 4.74 Å². The van der Waals surface area contributed by atoms with Crippen LogP contribution >= 0.6 is 0 Å². The van der Waals surface area contributed by atoms with E-state index < -0.39 is 0 Å². The molecule has 2 rings (SSSR count). The van der Waals surface area contributed by atoms with Gasteiger partial charge in [0, 0.05) is 11.0 Å². The lowest BCUT2D eigenvalue weighted by Gasteiger charge is -2.14. The Kier molecular flexibility index (Phi) is 1.34. The quantitative estimate of drug-likeness (QED) is 0.636. The third kappa shape index (κ3) is 0.951. The second-order valence-corrected chi connectivity index (χ2v) is 3.85. The van der Waals surface area contributed by atoms with Crippen molar-refractivity contribution in [1.29, 1.82) is 0 Å². The van der Waals surface area contributed by atoms with Gasteiger partial charge < -0.3 is 9.84 Å². The van der Waals surface area contributed by atoms with E-state index in [9.17, 15) is 5.11 Å². The van der Waals surface area contributed by atoms with Gasteiger partial charge >= 0.3 is 0 Å². The van der Waals surface area contributed by atoms with E-state index in [1.165, 1.54) is 0 Å². The summed E-state index contributed by atoms with van der Waals surface area (Å²) in [6.45, 7) is 4.92. The fourth-order valence-corrected chi connectivity index (χ4v) is 1.51. The summed E-state index contributed by atoms with van der Waals surface area (Å²) in [7, 11) is 0. The van der Waals surface area contributed by atoms with E-state index in [2.05, 4.69) is 13.8 Å². The molecule has 1 aromatic carbocycles. The smallest absolute Gasteiger partial charge is 0.123 e. The number of hydrogen-bond acceptors (Lipinski definition) is 2. The van der Waals surface area contributed by atoms with Gasteiger partial charge in [0.25, 0.3) is 0 Å². The molecule has 0 aliphatic carbocycles. The Labute approximate surface area is 71.8 Å². The lowest BCUT2D eigenvalue weighted by molar-refractivity contribution is 0.291. The van der Waals surface area contributed by atoms with E-state index >= 15 is 0 Å². The van der Waals surface area contributed by atoms with Crippen LogP contribution in [0.25, 0.3) is 0 Å². The van der Waals surface area contributed by atoms with Gasteiger partial charge in [0.2, 0.25) is 0 Å². The van der Waals surface area contributed by atoms with Gasteiger partial charge in [-0.15, -0.1) is 0 Å². The zero-order valence-corrected chi connectivity index (χ0v) is 7.29. The number of ether oxygens (including phenoxy) is 1. The van der Waals surface area contributed by atoms with Gasteiger partial charge in [-0.3, -0.25) is 0 Å². The summed E-state index contributed by atoms with van der Waals surface area (Å²) >= 11 is 0. The fourth-order valence-electron chi connectivity index (χ4n) is 1.51. The normalized spacial score (nSPS) is 18.5. The Bertz CT molecular complexity index is 316. The Balaban J connectivity index is 2.57. The van der Waals surface area contributed by atoms with Crippen molar-refractivity contribution in [3.63, 3.8) is 0 Å². The van der Waals surface area contributed by atoms with Crippen LogP contribution in [0.5, 0.6) is 11.5 Å². The monoisotopic (exact) mass is 164 g/mol. The highest BCUT2D eigenvalue weighted by Crippen LogP contribution is 2.39. The van der Waals surface area contributed by atoms with Gasteiger partial charge in [-0.1, -0.05) is 13.8 Å². The molecule has 1 aromatic rings. The number of hydrogen-bond donors (Lipinski definition) is 1. The van der Waals surface area contributed by atoms with E-state index in [0.717, 1.165) is 11.3 Å². The Morgan fingerprint density at radius 1 is 1.42 bits per heavy atom. The maximum absolute atomic E-state index is 9.27. The largest absolute Gasteiger partial charge is 0.508 e. The van der Waals surface area contributed by atoms with Crippen molar-refractivity contribution < 1.29 is 9.84 Å². The molecular formula is C10H12O2. The average Bonchev–Trinajstić information content (AvgIpc) is 2.28. The second kappa shape index (κ2) is 2.16. The third-order valence-corrected chi connectivity index (χ3v) is 2.28. The molecule has 0 spiro atoms. The van der Waals surface area contributed by atoms with Crippen molar-refractivity contribution in [2.24, 2.45) is 0 Å². The number of fused-ring (bicyclic) bond motifs is 1. The van der Waals surface area contributed by atoms with Crippen LogP contribution in [0, 0.1) is 0 Å². The fraction of sp³-hybridized carbons (Fsp3) is 0.400. The second-order valence-electron chi connectivity index (χ2n) is 3.85. The molecular weight excluding hydrogens is 152 g/mol. The number of rotatable bonds is 0.